The molecule has 11 heteroatoms. The van der Waals surface area contributed by atoms with E-state index in [-0.39, 0.29) is 49.6 Å². The van der Waals surface area contributed by atoms with Crippen molar-refractivity contribution in [3.63, 3.8) is 0 Å². The Morgan fingerprint density at radius 2 is 1.73 bits per heavy atom. The van der Waals surface area contributed by atoms with Gasteiger partial charge in [0, 0.05) is 31.6 Å². The molecule has 4 rings (SSSR count). The minimum atomic E-state index is -3.65. The van der Waals surface area contributed by atoms with Crippen LogP contribution >= 0.6 is 0 Å². The lowest BCUT2D eigenvalue weighted by atomic mass is 10.1. The number of sulfonamides is 1. The van der Waals surface area contributed by atoms with Crippen LogP contribution in [0.25, 0.3) is 0 Å². The van der Waals surface area contributed by atoms with Gasteiger partial charge in [-0.25, -0.2) is 12.8 Å². The van der Waals surface area contributed by atoms with Gasteiger partial charge in [-0.05, 0) is 55.5 Å². The Balaban J connectivity index is 1.48. The molecule has 0 bridgehead atoms. The van der Waals surface area contributed by atoms with Gasteiger partial charge < -0.3 is 19.7 Å². The standard InChI is InChI=1S/C29H38FN3O6S/c1-3-25(29(35)31-23-7-4-5-8-23)32(20-21-10-12-22(30)13-11-21)28(34)9-6-16-33(40(2,36)37)24-14-15-26-27(19-24)39-18-17-38-26/h10-15,19,23,25H,3-9,16-18,20H2,1-2H3,(H,31,35)/t25-/m0/s1. The van der Waals surface area contributed by atoms with Crippen molar-refractivity contribution >= 4 is 27.5 Å². The number of anilines is 1. The van der Waals surface area contributed by atoms with Crippen molar-refractivity contribution in [1.29, 1.82) is 0 Å². The maximum atomic E-state index is 13.6. The maximum absolute atomic E-state index is 13.6. The Morgan fingerprint density at radius 3 is 2.38 bits per heavy atom. The van der Waals surface area contributed by atoms with E-state index in [1.54, 1.807) is 30.3 Å². The maximum Gasteiger partial charge on any atom is 0.243 e. The van der Waals surface area contributed by atoms with Crippen molar-refractivity contribution in [2.45, 2.75) is 70.5 Å². The lowest BCUT2D eigenvalue weighted by Crippen LogP contribution is -2.51. The van der Waals surface area contributed by atoms with Crippen LogP contribution in [0, 0.1) is 5.82 Å². The first-order valence-corrected chi connectivity index (χ1v) is 15.7. The van der Waals surface area contributed by atoms with Gasteiger partial charge in [-0.15, -0.1) is 0 Å². The number of rotatable bonds is 12. The lowest BCUT2D eigenvalue weighted by Gasteiger charge is -2.32. The van der Waals surface area contributed by atoms with Gasteiger partial charge in [0.2, 0.25) is 21.8 Å². The molecular formula is C29H38FN3O6S. The van der Waals surface area contributed by atoms with Crippen LogP contribution in [0.15, 0.2) is 42.5 Å². The molecule has 0 saturated heterocycles. The third kappa shape index (κ3) is 7.65. The van der Waals surface area contributed by atoms with Gasteiger partial charge in [-0.1, -0.05) is 31.9 Å². The van der Waals surface area contributed by atoms with Crippen molar-refractivity contribution in [1.82, 2.24) is 10.2 Å². The first kappa shape index (κ1) is 29.6. The van der Waals surface area contributed by atoms with E-state index in [0.717, 1.165) is 31.9 Å². The first-order chi connectivity index (χ1) is 19.2. The number of ether oxygens (including phenoxy) is 2. The number of hydrogen-bond donors (Lipinski definition) is 1. The topological polar surface area (TPSA) is 105 Å². The highest BCUT2D eigenvalue weighted by molar-refractivity contribution is 7.92. The smallest absolute Gasteiger partial charge is 0.243 e. The number of carbonyl (C=O) groups excluding carboxylic acids is 2. The minimum Gasteiger partial charge on any atom is -0.486 e. The van der Waals surface area contributed by atoms with E-state index in [9.17, 15) is 22.4 Å². The summed E-state index contributed by atoms with van der Waals surface area (Å²) < 4.78 is 51.2. The lowest BCUT2D eigenvalue weighted by molar-refractivity contribution is -0.141. The summed E-state index contributed by atoms with van der Waals surface area (Å²) in [5.41, 5.74) is 1.13. The number of benzene rings is 2. The quantitative estimate of drug-likeness (QED) is 0.410. The van der Waals surface area contributed by atoms with E-state index in [0.29, 0.717) is 42.4 Å². The highest BCUT2D eigenvalue weighted by atomic mass is 32.2. The normalized spacial score (nSPS) is 15.9. The van der Waals surface area contributed by atoms with E-state index >= 15 is 0 Å². The van der Waals surface area contributed by atoms with Crippen molar-refractivity contribution in [2.24, 2.45) is 0 Å². The Morgan fingerprint density at radius 1 is 1.05 bits per heavy atom. The molecule has 2 amide bonds. The molecule has 1 aliphatic heterocycles. The Kier molecular flexibility index (Phi) is 9.89. The predicted octanol–water partition coefficient (Wildman–Crippen LogP) is 4.01. The molecule has 0 spiro atoms. The van der Waals surface area contributed by atoms with Crippen LogP contribution in [0.5, 0.6) is 11.5 Å². The average Bonchev–Trinajstić information content (AvgIpc) is 3.44. The Hall–Kier alpha value is -3.34. The molecule has 1 atom stereocenters. The third-order valence-electron chi connectivity index (χ3n) is 7.32. The molecule has 1 fully saturated rings. The summed E-state index contributed by atoms with van der Waals surface area (Å²) in [4.78, 5) is 28.4. The SMILES string of the molecule is CC[C@@H](C(=O)NC1CCCC1)N(Cc1ccc(F)cc1)C(=O)CCCN(c1ccc2c(c1)OCCO2)S(C)(=O)=O. The number of carbonyl (C=O) groups is 2. The number of halogens is 1. The molecule has 2 aliphatic rings. The van der Waals surface area contributed by atoms with Crippen molar-refractivity contribution < 1.29 is 31.9 Å². The van der Waals surface area contributed by atoms with Gasteiger partial charge in [0.05, 0.1) is 11.9 Å². The van der Waals surface area contributed by atoms with Gasteiger partial charge >= 0.3 is 0 Å². The predicted molar refractivity (Wildman–Crippen MR) is 150 cm³/mol. The summed E-state index contributed by atoms with van der Waals surface area (Å²) in [5, 5.41) is 3.10. The largest absolute Gasteiger partial charge is 0.486 e. The zero-order chi connectivity index (χ0) is 28.7. The number of fused-ring (bicyclic) bond motifs is 1. The van der Waals surface area contributed by atoms with Crippen LogP contribution in [0.2, 0.25) is 0 Å². The number of nitrogens with zero attached hydrogens (tertiary/aromatic N) is 2. The van der Waals surface area contributed by atoms with Crippen molar-refractivity contribution in [3.8, 4) is 11.5 Å². The van der Waals surface area contributed by atoms with Gasteiger partial charge in [0.1, 0.15) is 25.1 Å². The van der Waals surface area contributed by atoms with Crippen LogP contribution in [0.1, 0.15) is 57.4 Å². The van der Waals surface area contributed by atoms with Crippen molar-refractivity contribution in [2.75, 3.05) is 30.3 Å². The molecule has 0 unspecified atom stereocenters. The van der Waals surface area contributed by atoms with Gasteiger partial charge in [0.15, 0.2) is 11.5 Å². The molecule has 0 radical (unpaired) electrons. The van der Waals surface area contributed by atoms with Gasteiger partial charge in [-0.3, -0.25) is 13.9 Å². The molecule has 2 aromatic carbocycles. The molecule has 1 saturated carbocycles. The van der Waals surface area contributed by atoms with Crippen LogP contribution in [-0.2, 0) is 26.2 Å². The fourth-order valence-electron chi connectivity index (χ4n) is 5.26. The van der Waals surface area contributed by atoms with E-state index < -0.39 is 16.1 Å². The van der Waals surface area contributed by atoms with E-state index in [4.69, 9.17) is 9.47 Å². The van der Waals surface area contributed by atoms with Gasteiger partial charge in [-0.2, -0.15) is 0 Å². The highest BCUT2D eigenvalue weighted by Gasteiger charge is 2.31. The Bertz CT molecular complexity index is 1280. The molecular weight excluding hydrogens is 537 g/mol. The average molecular weight is 576 g/mol. The minimum absolute atomic E-state index is 0.0327. The van der Waals surface area contributed by atoms with E-state index in [1.165, 1.54) is 21.3 Å². The first-order valence-electron chi connectivity index (χ1n) is 13.9. The monoisotopic (exact) mass is 575 g/mol. The second-order valence-electron chi connectivity index (χ2n) is 10.3. The number of amides is 2. The second-order valence-corrected chi connectivity index (χ2v) is 12.2. The van der Waals surface area contributed by atoms with Crippen LogP contribution in [-0.4, -0.2) is 63.2 Å². The fraction of sp³-hybridized carbons (Fsp3) is 0.517. The highest BCUT2D eigenvalue weighted by Crippen LogP contribution is 2.35. The summed E-state index contributed by atoms with van der Waals surface area (Å²) in [6, 6.07) is 10.2. The summed E-state index contributed by atoms with van der Waals surface area (Å²) in [6.07, 6.45) is 5.79. The Labute approximate surface area is 235 Å². The molecule has 0 aromatic heterocycles. The third-order valence-corrected chi connectivity index (χ3v) is 8.51. The van der Waals surface area contributed by atoms with Crippen LogP contribution in [0.4, 0.5) is 10.1 Å². The summed E-state index contributed by atoms with van der Waals surface area (Å²) in [6.45, 7) is 2.88. The molecule has 1 N–H and O–H groups in total. The molecule has 2 aromatic rings. The summed E-state index contributed by atoms with van der Waals surface area (Å²) >= 11 is 0. The summed E-state index contributed by atoms with van der Waals surface area (Å²) in [7, 11) is -3.65. The van der Waals surface area contributed by atoms with Crippen molar-refractivity contribution in [3.05, 3.63) is 53.8 Å². The van der Waals surface area contributed by atoms with Crippen LogP contribution < -0.4 is 19.1 Å². The fourth-order valence-corrected chi connectivity index (χ4v) is 6.22. The summed E-state index contributed by atoms with van der Waals surface area (Å²) in [5.74, 6) is 0.175. The molecule has 1 aliphatic carbocycles. The van der Waals surface area contributed by atoms with Gasteiger partial charge in [0.25, 0.3) is 0 Å². The zero-order valence-corrected chi connectivity index (χ0v) is 23.9. The van der Waals surface area contributed by atoms with E-state index in [2.05, 4.69) is 5.32 Å². The molecule has 1 heterocycles. The van der Waals surface area contributed by atoms with E-state index in [1.807, 2.05) is 6.92 Å². The number of hydrogen-bond acceptors (Lipinski definition) is 6. The zero-order valence-electron chi connectivity index (χ0n) is 23.1. The van der Waals surface area contributed by atoms with Crippen LogP contribution in [0.3, 0.4) is 0 Å². The number of nitrogens with one attached hydrogen (secondary N) is 1. The molecule has 9 nitrogen and oxygen atoms in total. The molecule has 40 heavy (non-hydrogen) atoms. The molecule has 218 valence electrons. The second kappa shape index (κ2) is 13.3.